The molecule has 1 aromatic rings. The van der Waals surface area contributed by atoms with Crippen molar-refractivity contribution in [2.24, 2.45) is 5.92 Å². The van der Waals surface area contributed by atoms with Crippen LogP contribution in [-0.4, -0.2) is 26.1 Å². The van der Waals surface area contributed by atoms with Gasteiger partial charge in [0.2, 0.25) is 5.91 Å². The lowest BCUT2D eigenvalue weighted by atomic mass is 10.2. The minimum Gasteiger partial charge on any atom is -0.495 e. The minimum atomic E-state index is -0.0255. The average molecular weight is 394 g/mol. The minimum absolute atomic E-state index is 0.0255. The molecule has 0 fully saturated rings. The van der Waals surface area contributed by atoms with Crippen LogP contribution in [0.1, 0.15) is 13.8 Å². The molecule has 19 heavy (non-hydrogen) atoms. The highest BCUT2D eigenvalue weighted by Gasteiger charge is 2.08. The summed E-state index contributed by atoms with van der Waals surface area (Å²) in [4.78, 5) is 11.6. The summed E-state index contributed by atoms with van der Waals surface area (Å²) in [5.74, 6) is 1.14. The molecule has 0 radical (unpaired) electrons. The highest BCUT2D eigenvalue weighted by atomic mass is 79.9. The fraction of sp³-hybridized carbons (Fsp3) is 0.462. The van der Waals surface area contributed by atoms with E-state index in [-0.39, 0.29) is 12.5 Å². The van der Waals surface area contributed by atoms with Crippen LogP contribution in [0.4, 0.5) is 5.69 Å². The Morgan fingerprint density at radius 1 is 1.32 bits per heavy atom. The van der Waals surface area contributed by atoms with E-state index in [1.807, 2.05) is 12.1 Å². The first kappa shape index (κ1) is 16.3. The van der Waals surface area contributed by atoms with E-state index in [9.17, 15) is 4.79 Å². The van der Waals surface area contributed by atoms with Gasteiger partial charge < -0.3 is 15.4 Å². The molecule has 0 saturated heterocycles. The van der Waals surface area contributed by atoms with Crippen LogP contribution in [0.25, 0.3) is 0 Å². The number of methoxy groups -OCH3 is 1. The third kappa shape index (κ3) is 5.40. The Labute approximate surface area is 130 Å². The second-order valence-corrected chi connectivity index (χ2v) is 6.23. The number of amides is 1. The van der Waals surface area contributed by atoms with E-state index in [1.54, 1.807) is 7.11 Å². The average Bonchev–Trinajstić information content (AvgIpc) is 2.35. The van der Waals surface area contributed by atoms with Crippen molar-refractivity contribution in [2.45, 2.75) is 13.8 Å². The molecule has 4 nitrogen and oxygen atoms in total. The molecule has 0 unspecified atom stereocenters. The van der Waals surface area contributed by atoms with Crippen LogP contribution in [0.2, 0.25) is 0 Å². The molecule has 0 aliphatic rings. The van der Waals surface area contributed by atoms with Crippen molar-refractivity contribution in [3.05, 3.63) is 21.1 Å². The third-order valence-corrected chi connectivity index (χ3v) is 3.66. The fourth-order valence-electron chi connectivity index (χ4n) is 1.38. The van der Waals surface area contributed by atoms with E-state index in [2.05, 4.69) is 56.3 Å². The van der Waals surface area contributed by atoms with E-state index in [0.29, 0.717) is 18.2 Å². The molecule has 1 amide bonds. The molecule has 0 aliphatic heterocycles. The first-order chi connectivity index (χ1) is 8.93. The van der Waals surface area contributed by atoms with Crippen molar-refractivity contribution < 1.29 is 9.53 Å². The van der Waals surface area contributed by atoms with Crippen molar-refractivity contribution in [2.75, 3.05) is 25.5 Å². The first-order valence-electron chi connectivity index (χ1n) is 5.97. The molecule has 0 atom stereocenters. The number of ether oxygens (including phenoxy) is 1. The van der Waals surface area contributed by atoms with E-state index >= 15 is 0 Å². The summed E-state index contributed by atoms with van der Waals surface area (Å²) in [7, 11) is 1.60. The highest BCUT2D eigenvalue weighted by molar-refractivity contribution is 9.11. The number of rotatable bonds is 6. The van der Waals surface area contributed by atoms with Crippen molar-refractivity contribution >= 4 is 43.5 Å². The second-order valence-electron chi connectivity index (χ2n) is 4.52. The maximum atomic E-state index is 11.6. The maximum absolute atomic E-state index is 11.6. The molecule has 6 heteroatoms. The Morgan fingerprint density at radius 3 is 2.58 bits per heavy atom. The summed E-state index contributed by atoms with van der Waals surface area (Å²) in [5.41, 5.74) is 0.819. The lowest BCUT2D eigenvalue weighted by molar-refractivity contribution is -0.119. The number of anilines is 1. The van der Waals surface area contributed by atoms with Gasteiger partial charge in [-0.1, -0.05) is 13.8 Å². The van der Waals surface area contributed by atoms with E-state index in [4.69, 9.17) is 4.74 Å². The second kappa shape index (κ2) is 7.75. The monoisotopic (exact) mass is 392 g/mol. The van der Waals surface area contributed by atoms with E-state index in [1.165, 1.54) is 0 Å². The number of carbonyl (C=O) groups excluding carboxylic acids is 1. The molecule has 2 N–H and O–H groups in total. The van der Waals surface area contributed by atoms with Gasteiger partial charge in [0.05, 0.1) is 23.8 Å². The summed E-state index contributed by atoms with van der Waals surface area (Å²) in [6, 6.07) is 3.72. The van der Waals surface area contributed by atoms with Crippen LogP contribution < -0.4 is 15.4 Å². The quantitative estimate of drug-likeness (QED) is 0.778. The predicted molar refractivity (Wildman–Crippen MR) is 84.7 cm³/mol. The summed E-state index contributed by atoms with van der Waals surface area (Å²) in [6.45, 7) is 5.04. The number of hydrogen-bond acceptors (Lipinski definition) is 3. The molecule has 0 saturated carbocycles. The SMILES string of the molecule is COc1cc(NCC(=O)NCC(C)C)c(Br)cc1Br. The smallest absolute Gasteiger partial charge is 0.239 e. The molecular formula is C13H18Br2N2O2. The molecule has 0 bridgehead atoms. The molecule has 106 valence electrons. The Hall–Kier alpha value is -0.750. The van der Waals surface area contributed by atoms with Gasteiger partial charge in [-0.3, -0.25) is 4.79 Å². The van der Waals surface area contributed by atoms with Crippen LogP contribution in [0, 0.1) is 5.92 Å². The predicted octanol–water partition coefficient (Wildman–Crippen LogP) is 3.40. The summed E-state index contributed by atoms with van der Waals surface area (Å²) < 4.78 is 6.95. The zero-order chi connectivity index (χ0) is 14.4. The van der Waals surface area contributed by atoms with Crippen LogP contribution in [0.5, 0.6) is 5.75 Å². The molecule has 1 aromatic carbocycles. The van der Waals surface area contributed by atoms with Crippen molar-refractivity contribution in [1.29, 1.82) is 0 Å². The molecule has 0 aromatic heterocycles. The van der Waals surface area contributed by atoms with Gasteiger partial charge in [-0.2, -0.15) is 0 Å². The molecular weight excluding hydrogens is 376 g/mol. The van der Waals surface area contributed by atoms with Crippen molar-refractivity contribution in [1.82, 2.24) is 5.32 Å². The Morgan fingerprint density at radius 2 is 2.00 bits per heavy atom. The summed E-state index contributed by atoms with van der Waals surface area (Å²) >= 11 is 6.84. The standard InChI is InChI=1S/C13H18Br2N2O2/c1-8(2)6-17-13(18)7-16-11-5-12(19-3)10(15)4-9(11)14/h4-5,8,16H,6-7H2,1-3H3,(H,17,18). The molecule has 0 heterocycles. The molecule has 0 spiro atoms. The molecule has 1 rings (SSSR count). The van der Waals surface area contributed by atoms with Crippen LogP contribution in [-0.2, 0) is 4.79 Å². The Kier molecular flexibility index (Phi) is 6.65. The Balaban J connectivity index is 2.60. The highest BCUT2D eigenvalue weighted by Crippen LogP contribution is 2.34. The van der Waals surface area contributed by atoms with Crippen molar-refractivity contribution in [3.8, 4) is 5.75 Å². The maximum Gasteiger partial charge on any atom is 0.239 e. The van der Waals surface area contributed by atoms with E-state index in [0.717, 1.165) is 14.6 Å². The van der Waals surface area contributed by atoms with E-state index < -0.39 is 0 Å². The van der Waals surface area contributed by atoms with Gasteiger partial charge in [-0.05, 0) is 43.8 Å². The summed E-state index contributed by atoms with van der Waals surface area (Å²) in [5, 5.41) is 5.93. The largest absolute Gasteiger partial charge is 0.495 e. The van der Waals surface area contributed by atoms with Gasteiger partial charge in [-0.15, -0.1) is 0 Å². The summed E-state index contributed by atoms with van der Waals surface area (Å²) in [6.07, 6.45) is 0. The normalized spacial score (nSPS) is 10.4. The van der Waals surface area contributed by atoms with Gasteiger partial charge in [0.1, 0.15) is 5.75 Å². The number of benzene rings is 1. The van der Waals surface area contributed by atoms with Gasteiger partial charge in [0.25, 0.3) is 0 Å². The first-order valence-corrected chi connectivity index (χ1v) is 7.56. The van der Waals surface area contributed by atoms with Crippen LogP contribution in [0.15, 0.2) is 21.1 Å². The zero-order valence-corrected chi connectivity index (χ0v) is 14.4. The van der Waals surface area contributed by atoms with Gasteiger partial charge in [0, 0.05) is 17.1 Å². The molecule has 0 aliphatic carbocycles. The lowest BCUT2D eigenvalue weighted by Gasteiger charge is -2.12. The number of halogens is 2. The Bertz CT molecular complexity index is 451. The van der Waals surface area contributed by atoms with Crippen LogP contribution >= 0.6 is 31.9 Å². The van der Waals surface area contributed by atoms with Gasteiger partial charge in [0.15, 0.2) is 0 Å². The third-order valence-electron chi connectivity index (χ3n) is 2.39. The van der Waals surface area contributed by atoms with Crippen molar-refractivity contribution in [3.63, 3.8) is 0 Å². The number of carbonyl (C=O) groups is 1. The fourth-order valence-corrected chi connectivity index (χ4v) is 2.67. The van der Waals surface area contributed by atoms with Crippen LogP contribution in [0.3, 0.4) is 0 Å². The lowest BCUT2D eigenvalue weighted by Crippen LogP contribution is -2.32. The van der Waals surface area contributed by atoms with Gasteiger partial charge >= 0.3 is 0 Å². The van der Waals surface area contributed by atoms with Gasteiger partial charge in [-0.25, -0.2) is 0 Å². The topological polar surface area (TPSA) is 50.4 Å². The number of hydrogen-bond donors (Lipinski definition) is 2. The zero-order valence-electron chi connectivity index (χ0n) is 11.2. The number of nitrogens with one attached hydrogen (secondary N) is 2.